The van der Waals surface area contributed by atoms with Crippen LogP contribution in [0.15, 0.2) is 71.7 Å². The molecule has 0 saturated heterocycles. The summed E-state index contributed by atoms with van der Waals surface area (Å²) in [6.07, 6.45) is 23.8. The third-order valence-corrected chi connectivity index (χ3v) is 6.96. The summed E-state index contributed by atoms with van der Waals surface area (Å²) in [6, 6.07) is 10.5. The average molecular weight is 577 g/mol. The van der Waals surface area contributed by atoms with E-state index in [4.69, 9.17) is 9.47 Å². The van der Waals surface area contributed by atoms with Gasteiger partial charge >= 0.3 is 0 Å². The van der Waals surface area contributed by atoms with Crippen LogP contribution in [0.4, 0.5) is 0 Å². The number of hydrogen-bond acceptors (Lipinski definition) is 6. The Morgan fingerprint density at radius 2 is 0.929 bits per heavy atom. The lowest BCUT2D eigenvalue weighted by Gasteiger charge is -2.08. The highest BCUT2D eigenvalue weighted by molar-refractivity contribution is 5.85. The fourth-order valence-corrected chi connectivity index (χ4v) is 4.47. The lowest BCUT2D eigenvalue weighted by atomic mass is 10.1. The van der Waals surface area contributed by atoms with Gasteiger partial charge in [0.15, 0.2) is 0 Å². The number of phenols is 2. The van der Waals surface area contributed by atoms with Crippen LogP contribution < -0.4 is 9.47 Å². The summed E-state index contributed by atoms with van der Waals surface area (Å²) in [6.45, 7) is 9.77. The molecule has 230 valence electrons. The van der Waals surface area contributed by atoms with Gasteiger partial charge in [0.2, 0.25) is 0 Å². The number of ether oxygens (including phenoxy) is 2. The van der Waals surface area contributed by atoms with Crippen LogP contribution in [0.1, 0.15) is 101 Å². The summed E-state index contributed by atoms with van der Waals surface area (Å²) < 4.78 is 11.7. The lowest BCUT2D eigenvalue weighted by Crippen LogP contribution is -1.98. The zero-order chi connectivity index (χ0) is 30.1. The Bertz CT molecular complexity index is 995. The van der Waals surface area contributed by atoms with Crippen molar-refractivity contribution in [2.24, 2.45) is 9.98 Å². The van der Waals surface area contributed by atoms with E-state index in [0.29, 0.717) is 37.4 Å². The summed E-state index contributed by atoms with van der Waals surface area (Å²) >= 11 is 0. The smallest absolute Gasteiger partial charge is 0.124 e. The molecule has 6 nitrogen and oxygen atoms in total. The molecule has 0 heterocycles. The first-order valence-electron chi connectivity index (χ1n) is 15.8. The summed E-state index contributed by atoms with van der Waals surface area (Å²) in [5, 5.41) is 20.4. The predicted molar refractivity (Wildman–Crippen MR) is 177 cm³/mol. The Morgan fingerprint density at radius 3 is 1.33 bits per heavy atom. The van der Waals surface area contributed by atoms with Crippen molar-refractivity contribution in [3.05, 3.63) is 72.8 Å². The monoisotopic (exact) mass is 576 g/mol. The van der Waals surface area contributed by atoms with Gasteiger partial charge in [-0.2, -0.15) is 0 Å². The lowest BCUT2D eigenvalue weighted by molar-refractivity contribution is 0.303. The van der Waals surface area contributed by atoms with Gasteiger partial charge in [-0.1, -0.05) is 63.5 Å². The van der Waals surface area contributed by atoms with Crippen molar-refractivity contribution in [2.45, 2.75) is 89.9 Å². The van der Waals surface area contributed by atoms with E-state index in [1.165, 1.54) is 51.4 Å². The molecule has 2 rings (SSSR count). The first-order valence-corrected chi connectivity index (χ1v) is 15.8. The van der Waals surface area contributed by atoms with Gasteiger partial charge in [0, 0.05) is 23.6 Å². The van der Waals surface area contributed by atoms with Crippen molar-refractivity contribution in [3.63, 3.8) is 0 Å². The Hall–Kier alpha value is -3.54. The standard InChI is InChI=1S/C36H52N2O4/c1-3-5-7-9-11-13-15-17-25-41-33-19-21-35(39)31(27-33)29-37-23-24-38-30-32-28-34(20-22-36(32)40)42-26-18-16-14-12-10-8-6-4-2/h3-4,19-22,27-30,39-40H,1-2,5-18,23-26H2. The highest BCUT2D eigenvalue weighted by Crippen LogP contribution is 2.23. The highest BCUT2D eigenvalue weighted by Gasteiger charge is 2.03. The Balaban J connectivity index is 1.67. The number of benzene rings is 2. The third kappa shape index (κ3) is 16.0. The highest BCUT2D eigenvalue weighted by atomic mass is 16.5. The molecule has 2 aromatic carbocycles. The van der Waals surface area contributed by atoms with Gasteiger partial charge in [-0.3, -0.25) is 9.98 Å². The van der Waals surface area contributed by atoms with Gasteiger partial charge in [-0.15, -0.1) is 13.2 Å². The molecular weight excluding hydrogens is 524 g/mol. The molecule has 2 N–H and O–H groups in total. The second-order valence-electron chi connectivity index (χ2n) is 10.6. The molecule has 0 spiro atoms. The van der Waals surface area contributed by atoms with E-state index >= 15 is 0 Å². The van der Waals surface area contributed by atoms with Crippen molar-refractivity contribution >= 4 is 12.4 Å². The summed E-state index contributed by atoms with van der Waals surface area (Å²) in [4.78, 5) is 8.80. The van der Waals surface area contributed by atoms with Crippen LogP contribution in [-0.4, -0.2) is 48.9 Å². The van der Waals surface area contributed by atoms with Gasteiger partial charge < -0.3 is 19.7 Å². The van der Waals surface area contributed by atoms with Crippen molar-refractivity contribution in [1.82, 2.24) is 0 Å². The predicted octanol–water partition coefficient (Wildman–Crippen LogP) is 9.23. The molecule has 0 saturated carbocycles. The van der Waals surface area contributed by atoms with Crippen molar-refractivity contribution < 1.29 is 19.7 Å². The minimum Gasteiger partial charge on any atom is -0.507 e. The van der Waals surface area contributed by atoms with E-state index in [-0.39, 0.29) is 11.5 Å². The van der Waals surface area contributed by atoms with E-state index < -0.39 is 0 Å². The summed E-state index contributed by atoms with van der Waals surface area (Å²) in [5.74, 6) is 1.80. The van der Waals surface area contributed by atoms with E-state index in [2.05, 4.69) is 23.1 Å². The van der Waals surface area contributed by atoms with E-state index in [9.17, 15) is 10.2 Å². The molecule has 0 atom stereocenters. The second kappa shape index (κ2) is 23.1. The van der Waals surface area contributed by atoms with E-state index in [1.54, 1.807) is 36.7 Å². The van der Waals surface area contributed by atoms with Gasteiger partial charge in [-0.05, 0) is 74.9 Å². The second-order valence-corrected chi connectivity index (χ2v) is 10.6. The maximum absolute atomic E-state index is 10.2. The molecule has 0 bridgehead atoms. The molecule has 6 heteroatoms. The molecule has 2 aromatic rings. The third-order valence-electron chi connectivity index (χ3n) is 6.96. The number of hydrogen-bond donors (Lipinski definition) is 2. The largest absolute Gasteiger partial charge is 0.507 e. The maximum Gasteiger partial charge on any atom is 0.124 e. The zero-order valence-corrected chi connectivity index (χ0v) is 25.5. The van der Waals surface area contributed by atoms with E-state index in [1.807, 2.05) is 24.3 Å². The number of aromatic hydroxyl groups is 2. The van der Waals surface area contributed by atoms with Gasteiger partial charge in [-0.25, -0.2) is 0 Å². The van der Waals surface area contributed by atoms with Crippen LogP contribution in [0.5, 0.6) is 23.0 Å². The number of nitrogens with zero attached hydrogens (tertiary/aromatic N) is 2. The Labute approximate surface area is 253 Å². The van der Waals surface area contributed by atoms with Gasteiger partial charge in [0.25, 0.3) is 0 Å². The molecule has 0 radical (unpaired) electrons. The molecule has 0 fully saturated rings. The first kappa shape index (κ1) is 34.7. The Morgan fingerprint density at radius 1 is 0.548 bits per heavy atom. The number of allylic oxidation sites excluding steroid dienone is 2. The van der Waals surface area contributed by atoms with Crippen molar-refractivity contribution in [2.75, 3.05) is 26.3 Å². The van der Waals surface area contributed by atoms with E-state index in [0.717, 1.165) is 50.0 Å². The molecule has 0 aliphatic carbocycles. The van der Waals surface area contributed by atoms with Crippen LogP contribution in [0.25, 0.3) is 0 Å². The number of rotatable bonds is 25. The SMILES string of the molecule is C=CCCCCCCCCOc1ccc(O)c(C=NCCN=Cc2cc(OCCCCCCCCC=C)ccc2O)c1. The number of aliphatic imine (C=N–C) groups is 2. The quantitative estimate of drug-likeness (QED) is 0.0701. The van der Waals surface area contributed by atoms with Crippen LogP contribution in [0.3, 0.4) is 0 Å². The fourth-order valence-electron chi connectivity index (χ4n) is 4.47. The average Bonchev–Trinajstić information content (AvgIpc) is 2.99. The molecule has 42 heavy (non-hydrogen) atoms. The maximum atomic E-state index is 10.2. The normalized spacial score (nSPS) is 11.3. The minimum atomic E-state index is 0.166. The van der Waals surface area contributed by atoms with Crippen LogP contribution >= 0.6 is 0 Å². The van der Waals surface area contributed by atoms with Crippen LogP contribution in [0.2, 0.25) is 0 Å². The summed E-state index contributed by atoms with van der Waals surface area (Å²) in [5.41, 5.74) is 1.24. The molecule has 0 amide bonds. The molecule has 0 unspecified atom stereocenters. The summed E-state index contributed by atoms with van der Waals surface area (Å²) in [7, 11) is 0. The topological polar surface area (TPSA) is 83.6 Å². The van der Waals surface area contributed by atoms with Crippen LogP contribution in [-0.2, 0) is 0 Å². The first-order chi connectivity index (χ1) is 20.6. The number of phenolic OH excluding ortho intramolecular Hbond substituents is 2. The molecule has 0 aliphatic heterocycles. The fraction of sp³-hybridized carbons (Fsp3) is 0.500. The van der Waals surface area contributed by atoms with Gasteiger partial charge in [0.1, 0.15) is 23.0 Å². The van der Waals surface area contributed by atoms with Gasteiger partial charge in [0.05, 0.1) is 26.3 Å². The molecular formula is C36H52N2O4. The minimum absolute atomic E-state index is 0.166. The van der Waals surface area contributed by atoms with Crippen LogP contribution in [0, 0.1) is 0 Å². The van der Waals surface area contributed by atoms with Crippen molar-refractivity contribution in [1.29, 1.82) is 0 Å². The molecule has 0 aliphatic rings. The molecule has 0 aromatic heterocycles. The number of unbranched alkanes of at least 4 members (excludes halogenated alkanes) is 12. The Kier molecular flexibility index (Phi) is 19.0. The van der Waals surface area contributed by atoms with Crippen molar-refractivity contribution in [3.8, 4) is 23.0 Å². The zero-order valence-electron chi connectivity index (χ0n) is 25.5.